The third kappa shape index (κ3) is 2.08. The van der Waals surface area contributed by atoms with Gasteiger partial charge in [-0.2, -0.15) is 8.78 Å². The van der Waals surface area contributed by atoms with Crippen molar-refractivity contribution in [3.05, 3.63) is 39.2 Å². The van der Waals surface area contributed by atoms with Crippen LogP contribution in [0.25, 0.3) is 0 Å². The molecule has 0 fully saturated rings. The fraction of sp³-hybridized carbons (Fsp3) is 0. The van der Waals surface area contributed by atoms with Gasteiger partial charge in [0.25, 0.3) is 0 Å². The summed E-state index contributed by atoms with van der Waals surface area (Å²) in [6.07, 6.45) is 0. The molecule has 0 radical (unpaired) electrons. The minimum atomic E-state index is -1.90. The number of nitro groups is 1. The van der Waals surface area contributed by atoms with Crippen LogP contribution in [0.2, 0.25) is 0 Å². The summed E-state index contributed by atoms with van der Waals surface area (Å²) in [6.45, 7) is 0. The molecule has 0 aromatic heterocycles. The van der Waals surface area contributed by atoms with Gasteiger partial charge in [0.05, 0.1) is 4.92 Å². The molecular formula is C7HF3INO4. The molecule has 0 heterocycles. The fourth-order valence-electron chi connectivity index (χ4n) is 0.973. The van der Waals surface area contributed by atoms with Gasteiger partial charge in [-0.15, -0.1) is 0 Å². The number of nitrogens with zero attached hydrogens (tertiary/aromatic N) is 1. The lowest BCUT2D eigenvalue weighted by Crippen LogP contribution is -2.09. The number of halogens is 4. The number of carbonyl (C=O) groups is 1. The molecule has 5 nitrogen and oxygen atoms in total. The summed E-state index contributed by atoms with van der Waals surface area (Å²) in [5.41, 5.74) is -2.90. The van der Waals surface area contributed by atoms with E-state index in [1.54, 1.807) is 0 Å². The Morgan fingerprint density at radius 2 is 1.94 bits per heavy atom. The van der Waals surface area contributed by atoms with Crippen LogP contribution in [-0.4, -0.2) is 10.9 Å². The van der Waals surface area contributed by atoms with Crippen molar-refractivity contribution in [3.63, 3.8) is 0 Å². The van der Waals surface area contributed by atoms with E-state index in [4.69, 9.17) is 0 Å². The second-order valence-corrected chi connectivity index (χ2v) is 2.94. The van der Waals surface area contributed by atoms with Crippen LogP contribution in [0.4, 0.5) is 18.9 Å². The van der Waals surface area contributed by atoms with E-state index < -0.39 is 39.6 Å². The number of benzene rings is 1. The minimum absolute atomic E-state index is 0.0457. The second-order valence-electron chi connectivity index (χ2n) is 2.50. The van der Waals surface area contributed by atoms with Crippen molar-refractivity contribution in [1.82, 2.24) is 0 Å². The average Bonchev–Trinajstić information content (AvgIpc) is 2.15. The molecule has 16 heavy (non-hydrogen) atoms. The van der Waals surface area contributed by atoms with E-state index in [1.165, 1.54) is 0 Å². The summed E-state index contributed by atoms with van der Waals surface area (Å²) in [5, 5.41) is 10.3. The number of hydrogen-bond acceptors (Lipinski definition) is 4. The van der Waals surface area contributed by atoms with Crippen LogP contribution in [0.1, 0.15) is 10.4 Å². The molecule has 0 aliphatic heterocycles. The Morgan fingerprint density at radius 3 is 2.38 bits per heavy atom. The van der Waals surface area contributed by atoms with Gasteiger partial charge in [0, 0.05) is 6.07 Å². The molecule has 0 aliphatic rings. The van der Waals surface area contributed by atoms with Gasteiger partial charge in [0.1, 0.15) is 11.4 Å². The summed E-state index contributed by atoms with van der Waals surface area (Å²) in [7, 11) is 0. The van der Waals surface area contributed by atoms with E-state index in [0.717, 1.165) is 23.0 Å². The van der Waals surface area contributed by atoms with Crippen LogP contribution < -0.4 is 0 Å². The third-order valence-electron chi connectivity index (χ3n) is 1.60. The minimum Gasteiger partial charge on any atom is -0.391 e. The predicted octanol–water partition coefficient (Wildman–Crippen LogP) is 2.52. The number of rotatable bonds is 2. The Balaban J connectivity index is 3.57. The Kier molecular flexibility index (Phi) is 3.67. The molecule has 1 aromatic rings. The molecule has 0 aliphatic carbocycles. The van der Waals surface area contributed by atoms with Crippen molar-refractivity contribution < 1.29 is 26.0 Å². The van der Waals surface area contributed by atoms with Gasteiger partial charge >= 0.3 is 11.7 Å². The zero-order valence-corrected chi connectivity index (χ0v) is 9.33. The van der Waals surface area contributed by atoms with Crippen molar-refractivity contribution in [2.24, 2.45) is 0 Å². The molecule has 0 saturated carbocycles. The van der Waals surface area contributed by atoms with Crippen molar-refractivity contribution in [2.75, 3.05) is 0 Å². The van der Waals surface area contributed by atoms with Crippen molar-refractivity contribution in [2.45, 2.75) is 0 Å². The summed E-state index contributed by atoms with van der Waals surface area (Å²) in [6, 6.07) is 0.0457. The van der Waals surface area contributed by atoms with Crippen molar-refractivity contribution in [3.8, 4) is 0 Å². The van der Waals surface area contributed by atoms with Gasteiger partial charge in [-0.25, -0.2) is 9.18 Å². The molecule has 0 N–H and O–H groups in total. The predicted molar refractivity (Wildman–Crippen MR) is 52.4 cm³/mol. The van der Waals surface area contributed by atoms with Gasteiger partial charge in [0.2, 0.25) is 11.6 Å². The molecule has 1 aromatic carbocycles. The first kappa shape index (κ1) is 12.7. The molecule has 0 spiro atoms. The first-order valence-electron chi connectivity index (χ1n) is 3.55. The Bertz CT molecular complexity index is 479. The molecule has 0 bridgehead atoms. The summed E-state index contributed by atoms with van der Waals surface area (Å²) in [5.74, 6) is -6.64. The Morgan fingerprint density at radius 1 is 1.38 bits per heavy atom. The van der Waals surface area contributed by atoms with E-state index in [0.29, 0.717) is 0 Å². The van der Waals surface area contributed by atoms with E-state index in [9.17, 15) is 28.1 Å². The van der Waals surface area contributed by atoms with Crippen LogP contribution in [0, 0.1) is 27.6 Å². The highest BCUT2D eigenvalue weighted by molar-refractivity contribution is 14.1. The standard InChI is InChI=1S/C7HF3INO4/c8-2-1-3(9)6(12(14)15)5(10)4(2)7(13)16-11/h1H. The van der Waals surface area contributed by atoms with Crippen molar-refractivity contribution >= 4 is 34.7 Å². The summed E-state index contributed by atoms with van der Waals surface area (Å²) >= 11 is 1.04. The highest BCUT2D eigenvalue weighted by atomic mass is 127. The lowest BCUT2D eigenvalue weighted by molar-refractivity contribution is -0.390. The lowest BCUT2D eigenvalue weighted by Gasteiger charge is -2.02. The third-order valence-corrected chi connectivity index (χ3v) is 2.00. The molecular weight excluding hydrogens is 346 g/mol. The molecule has 9 heteroatoms. The van der Waals surface area contributed by atoms with Gasteiger partial charge in [-0.1, -0.05) is 0 Å². The Labute approximate surface area is 100 Å². The number of carbonyl (C=O) groups excluding carboxylic acids is 1. The maximum Gasteiger partial charge on any atom is 0.353 e. The monoisotopic (exact) mass is 347 g/mol. The highest BCUT2D eigenvalue weighted by Gasteiger charge is 2.31. The van der Waals surface area contributed by atoms with Gasteiger partial charge in [-0.05, 0) is 0 Å². The first-order valence-corrected chi connectivity index (χ1v) is 4.43. The highest BCUT2D eigenvalue weighted by Crippen LogP contribution is 2.27. The second kappa shape index (κ2) is 4.63. The normalized spacial score (nSPS) is 10.0. The van der Waals surface area contributed by atoms with E-state index in [-0.39, 0.29) is 6.07 Å². The smallest absolute Gasteiger partial charge is 0.353 e. The molecule has 86 valence electrons. The topological polar surface area (TPSA) is 69.4 Å². The van der Waals surface area contributed by atoms with Crippen LogP contribution in [0.3, 0.4) is 0 Å². The zero-order chi connectivity index (χ0) is 12.5. The van der Waals surface area contributed by atoms with Gasteiger partial charge in [-0.3, -0.25) is 10.1 Å². The van der Waals surface area contributed by atoms with E-state index in [2.05, 4.69) is 3.07 Å². The van der Waals surface area contributed by atoms with Gasteiger partial charge < -0.3 is 3.07 Å². The van der Waals surface area contributed by atoms with Crippen LogP contribution >= 0.6 is 23.0 Å². The van der Waals surface area contributed by atoms with E-state index >= 15 is 0 Å². The molecule has 0 atom stereocenters. The summed E-state index contributed by atoms with van der Waals surface area (Å²) in [4.78, 5) is 19.8. The molecule has 0 unspecified atom stereocenters. The first-order chi connectivity index (χ1) is 7.40. The molecule has 0 saturated heterocycles. The SMILES string of the molecule is O=C(OI)c1c(F)cc(F)c([N+](=O)[O-])c1F. The summed E-state index contributed by atoms with van der Waals surface area (Å²) < 4.78 is 43.1. The van der Waals surface area contributed by atoms with Crippen LogP contribution in [0.5, 0.6) is 0 Å². The largest absolute Gasteiger partial charge is 0.391 e. The number of nitro benzene ring substituents is 1. The lowest BCUT2D eigenvalue weighted by atomic mass is 10.1. The Hall–Kier alpha value is -1.39. The van der Waals surface area contributed by atoms with E-state index in [1.807, 2.05) is 0 Å². The van der Waals surface area contributed by atoms with Crippen LogP contribution in [-0.2, 0) is 3.07 Å². The zero-order valence-electron chi connectivity index (χ0n) is 7.17. The molecule has 1 rings (SSSR count). The van der Waals surface area contributed by atoms with Crippen molar-refractivity contribution in [1.29, 1.82) is 0 Å². The van der Waals surface area contributed by atoms with Crippen LogP contribution in [0.15, 0.2) is 6.07 Å². The maximum absolute atomic E-state index is 13.3. The molecule has 0 amide bonds. The quantitative estimate of drug-likeness (QED) is 0.468. The fourth-order valence-corrected chi connectivity index (χ4v) is 1.19. The average molecular weight is 347 g/mol. The maximum atomic E-state index is 13.3. The van der Waals surface area contributed by atoms with Gasteiger partial charge in [0.15, 0.2) is 23.0 Å². The number of hydrogen-bond donors (Lipinski definition) is 0.